The van der Waals surface area contributed by atoms with Crippen LogP contribution < -0.4 is 5.32 Å². The summed E-state index contributed by atoms with van der Waals surface area (Å²) in [4.78, 5) is 16.0. The van der Waals surface area contributed by atoms with Gasteiger partial charge in [0, 0.05) is 15.9 Å². The minimum atomic E-state index is -0.209. The predicted octanol–water partition coefficient (Wildman–Crippen LogP) is 3.58. The van der Waals surface area contributed by atoms with E-state index in [1.165, 1.54) is 0 Å². The van der Waals surface area contributed by atoms with Crippen LogP contribution in [0, 0.1) is 0 Å². The molecule has 1 heterocycles. The Morgan fingerprint density at radius 2 is 2.32 bits per heavy atom. The zero-order valence-corrected chi connectivity index (χ0v) is 12.6. The number of amides is 1. The lowest BCUT2D eigenvalue weighted by Crippen LogP contribution is -2.23. The van der Waals surface area contributed by atoms with Gasteiger partial charge in [-0.25, -0.2) is 4.98 Å². The molecule has 0 spiro atoms. The van der Waals surface area contributed by atoms with Crippen molar-refractivity contribution in [3.8, 4) is 0 Å². The molecular formula is C13H12BrClN2O2. The van der Waals surface area contributed by atoms with E-state index in [2.05, 4.69) is 26.2 Å². The first kappa shape index (κ1) is 14.1. The largest absolute Gasteiger partial charge is 0.444 e. The molecule has 100 valence electrons. The summed E-state index contributed by atoms with van der Waals surface area (Å²) in [7, 11) is 0. The fourth-order valence-electron chi connectivity index (χ4n) is 1.52. The molecule has 0 fully saturated rings. The van der Waals surface area contributed by atoms with Gasteiger partial charge in [-0.15, -0.1) is 0 Å². The maximum Gasteiger partial charge on any atom is 0.252 e. The van der Waals surface area contributed by atoms with Crippen LogP contribution in [0.25, 0.3) is 0 Å². The topological polar surface area (TPSA) is 55.1 Å². The third-order valence-electron chi connectivity index (χ3n) is 2.53. The van der Waals surface area contributed by atoms with Crippen molar-refractivity contribution in [2.24, 2.45) is 0 Å². The van der Waals surface area contributed by atoms with E-state index >= 15 is 0 Å². The van der Waals surface area contributed by atoms with E-state index in [1.54, 1.807) is 24.4 Å². The molecule has 1 aromatic carbocycles. The van der Waals surface area contributed by atoms with Gasteiger partial charge in [0.05, 0.1) is 18.3 Å². The number of nitrogens with zero attached hydrogens (tertiary/aromatic N) is 1. The van der Waals surface area contributed by atoms with Crippen LogP contribution in [0.5, 0.6) is 0 Å². The van der Waals surface area contributed by atoms with Crippen LogP contribution >= 0.6 is 27.5 Å². The number of halogens is 2. The number of oxazole rings is 1. The molecule has 4 nitrogen and oxygen atoms in total. The van der Waals surface area contributed by atoms with Crippen molar-refractivity contribution in [1.29, 1.82) is 0 Å². The SMILES string of the molecule is CCc1cnc(CNC(=O)c2ccc(Cl)cc2Br)o1. The lowest BCUT2D eigenvalue weighted by molar-refractivity contribution is 0.0946. The van der Waals surface area contributed by atoms with Crippen LogP contribution in [0.2, 0.25) is 5.02 Å². The number of rotatable bonds is 4. The number of hydrogen-bond donors (Lipinski definition) is 1. The molecule has 0 atom stereocenters. The third-order valence-corrected chi connectivity index (χ3v) is 3.42. The Balaban J connectivity index is 2.01. The maximum absolute atomic E-state index is 12.0. The Labute approximate surface area is 124 Å². The van der Waals surface area contributed by atoms with E-state index < -0.39 is 0 Å². The molecule has 2 aromatic rings. The van der Waals surface area contributed by atoms with Gasteiger partial charge < -0.3 is 9.73 Å². The van der Waals surface area contributed by atoms with Crippen molar-refractivity contribution in [1.82, 2.24) is 10.3 Å². The zero-order valence-electron chi connectivity index (χ0n) is 10.2. The van der Waals surface area contributed by atoms with E-state index in [9.17, 15) is 4.79 Å². The molecule has 1 amide bonds. The first-order valence-electron chi connectivity index (χ1n) is 5.77. The quantitative estimate of drug-likeness (QED) is 0.923. The lowest BCUT2D eigenvalue weighted by Gasteiger charge is -2.05. The molecule has 1 aromatic heterocycles. The summed E-state index contributed by atoms with van der Waals surface area (Å²) in [6.07, 6.45) is 2.45. The molecule has 6 heteroatoms. The van der Waals surface area contributed by atoms with Crippen LogP contribution in [-0.4, -0.2) is 10.9 Å². The van der Waals surface area contributed by atoms with E-state index in [0.717, 1.165) is 12.2 Å². The summed E-state index contributed by atoms with van der Waals surface area (Å²) in [5, 5.41) is 3.32. The molecule has 19 heavy (non-hydrogen) atoms. The van der Waals surface area contributed by atoms with E-state index in [4.69, 9.17) is 16.0 Å². The summed E-state index contributed by atoms with van der Waals surface area (Å²) in [5.41, 5.74) is 0.520. The number of carbonyl (C=O) groups excluding carboxylic acids is 1. The molecule has 0 saturated carbocycles. The minimum Gasteiger partial charge on any atom is -0.444 e. The summed E-state index contributed by atoms with van der Waals surface area (Å²) in [5.74, 6) is 1.09. The van der Waals surface area contributed by atoms with Gasteiger partial charge in [-0.05, 0) is 34.1 Å². The number of aromatic nitrogens is 1. The second kappa shape index (κ2) is 6.21. The number of aryl methyl sites for hydroxylation is 1. The van der Waals surface area contributed by atoms with Gasteiger partial charge in [0.2, 0.25) is 5.89 Å². The van der Waals surface area contributed by atoms with Gasteiger partial charge in [0.25, 0.3) is 5.91 Å². The second-order valence-corrected chi connectivity index (χ2v) is 5.17. The van der Waals surface area contributed by atoms with Crippen LogP contribution in [0.15, 0.2) is 33.3 Å². The van der Waals surface area contributed by atoms with Crippen molar-refractivity contribution in [3.63, 3.8) is 0 Å². The average molecular weight is 344 g/mol. The highest BCUT2D eigenvalue weighted by Gasteiger charge is 2.11. The summed E-state index contributed by atoms with van der Waals surface area (Å²) in [6.45, 7) is 2.24. The van der Waals surface area contributed by atoms with E-state index in [1.807, 2.05) is 6.92 Å². The molecule has 0 aliphatic heterocycles. The number of benzene rings is 1. The maximum atomic E-state index is 12.0. The van der Waals surface area contributed by atoms with E-state index in [0.29, 0.717) is 20.9 Å². The molecule has 0 unspecified atom stereocenters. The van der Waals surface area contributed by atoms with Crippen molar-refractivity contribution >= 4 is 33.4 Å². The molecular weight excluding hydrogens is 332 g/mol. The first-order chi connectivity index (χ1) is 9.10. The molecule has 0 aliphatic carbocycles. The van der Waals surface area contributed by atoms with Gasteiger partial charge in [-0.3, -0.25) is 4.79 Å². The lowest BCUT2D eigenvalue weighted by atomic mass is 10.2. The summed E-state index contributed by atoms with van der Waals surface area (Å²) >= 11 is 9.13. The fraction of sp³-hybridized carbons (Fsp3) is 0.231. The molecule has 0 aliphatic rings. The van der Waals surface area contributed by atoms with Crippen LogP contribution in [0.1, 0.15) is 28.9 Å². The van der Waals surface area contributed by atoms with Crippen molar-refractivity contribution in [2.45, 2.75) is 19.9 Å². The monoisotopic (exact) mass is 342 g/mol. The molecule has 0 bridgehead atoms. The fourth-order valence-corrected chi connectivity index (χ4v) is 2.38. The average Bonchev–Trinajstić information content (AvgIpc) is 2.84. The molecule has 1 N–H and O–H groups in total. The normalized spacial score (nSPS) is 10.5. The Morgan fingerprint density at radius 3 is 2.95 bits per heavy atom. The highest BCUT2D eigenvalue weighted by Crippen LogP contribution is 2.21. The van der Waals surface area contributed by atoms with Crippen molar-refractivity contribution in [3.05, 3.63) is 51.1 Å². The van der Waals surface area contributed by atoms with Crippen LogP contribution in [0.3, 0.4) is 0 Å². The number of carbonyl (C=O) groups is 1. The smallest absolute Gasteiger partial charge is 0.252 e. The van der Waals surface area contributed by atoms with Gasteiger partial charge in [-0.2, -0.15) is 0 Å². The Hall–Kier alpha value is -1.33. The van der Waals surface area contributed by atoms with E-state index in [-0.39, 0.29) is 12.5 Å². The Kier molecular flexibility index (Phi) is 4.61. The standard InChI is InChI=1S/C13H12BrClN2O2/c1-2-9-6-16-12(19-9)7-17-13(18)10-4-3-8(15)5-11(10)14/h3-6H,2,7H2,1H3,(H,17,18). The molecule has 0 radical (unpaired) electrons. The highest BCUT2D eigenvalue weighted by molar-refractivity contribution is 9.10. The second-order valence-electron chi connectivity index (χ2n) is 3.88. The Morgan fingerprint density at radius 1 is 1.53 bits per heavy atom. The molecule has 0 saturated heterocycles. The minimum absolute atomic E-state index is 0.209. The third kappa shape index (κ3) is 3.58. The van der Waals surface area contributed by atoms with Gasteiger partial charge in [0.15, 0.2) is 0 Å². The molecule has 2 rings (SSSR count). The Bertz CT molecular complexity index is 598. The van der Waals surface area contributed by atoms with Crippen LogP contribution in [0.4, 0.5) is 0 Å². The van der Waals surface area contributed by atoms with Gasteiger partial charge in [0.1, 0.15) is 5.76 Å². The summed E-state index contributed by atoms with van der Waals surface area (Å²) < 4.78 is 6.06. The van der Waals surface area contributed by atoms with Gasteiger partial charge >= 0.3 is 0 Å². The zero-order chi connectivity index (χ0) is 13.8. The van der Waals surface area contributed by atoms with Crippen molar-refractivity contribution in [2.75, 3.05) is 0 Å². The number of nitrogens with one attached hydrogen (secondary N) is 1. The van der Waals surface area contributed by atoms with Crippen LogP contribution in [-0.2, 0) is 13.0 Å². The first-order valence-corrected chi connectivity index (χ1v) is 6.94. The van der Waals surface area contributed by atoms with Gasteiger partial charge in [-0.1, -0.05) is 18.5 Å². The predicted molar refractivity (Wildman–Crippen MR) is 76.2 cm³/mol. The summed E-state index contributed by atoms with van der Waals surface area (Å²) in [6, 6.07) is 5.01. The van der Waals surface area contributed by atoms with Crippen molar-refractivity contribution < 1.29 is 9.21 Å². The number of hydrogen-bond acceptors (Lipinski definition) is 3. The highest BCUT2D eigenvalue weighted by atomic mass is 79.9.